The molecule has 2 aliphatic rings. The van der Waals surface area contributed by atoms with Crippen molar-refractivity contribution in [2.45, 2.75) is 78.2 Å². The van der Waals surface area contributed by atoms with Crippen molar-refractivity contribution in [3.8, 4) is 0 Å². The minimum atomic E-state index is -0.749. The quantitative estimate of drug-likeness (QED) is 0.518. The van der Waals surface area contributed by atoms with Gasteiger partial charge in [0, 0.05) is 19.5 Å². The number of nitrogens with zero attached hydrogens (tertiary/aromatic N) is 2. The van der Waals surface area contributed by atoms with Gasteiger partial charge < -0.3 is 11.1 Å². The molecule has 3 N–H and O–H groups in total. The van der Waals surface area contributed by atoms with Gasteiger partial charge in [0.2, 0.25) is 5.91 Å². The lowest BCUT2D eigenvalue weighted by atomic mass is 9.90. The van der Waals surface area contributed by atoms with Crippen LogP contribution in [0.25, 0.3) is 0 Å². The Morgan fingerprint density at radius 2 is 2.14 bits per heavy atom. The van der Waals surface area contributed by atoms with Crippen LogP contribution in [0.4, 0.5) is 0 Å². The van der Waals surface area contributed by atoms with Crippen molar-refractivity contribution in [1.82, 2.24) is 10.2 Å². The van der Waals surface area contributed by atoms with E-state index in [2.05, 4.69) is 43.2 Å². The summed E-state index contributed by atoms with van der Waals surface area (Å²) in [5.41, 5.74) is 6.52. The molecule has 2 atom stereocenters. The van der Waals surface area contributed by atoms with Crippen molar-refractivity contribution in [2.24, 2.45) is 22.6 Å². The average Bonchev–Trinajstić information content (AvgIpc) is 2.86. The van der Waals surface area contributed by atoms with E-state index in [0.717, 1.165) is 19.3 Å². The number of hydrogen-bond acceptors (Lipinski definition) is 4. The van der Waals surface area contributed by atoms with E-state index in [-0.39, 0.29) is 17.7 Å². The molecular weight excluding hydrogens is 364 g/mol. The molecule has 162 valence electrons. The first-order valence-electron chi connectivity index (χ1n) is 11.1. The smallest absolute Gasteiger partial charge is 0.257 e. The highest BCUT2D eigenvalue weighted by Gasteiger charge is 2.44. The molecule has 0 saturated heterocycles. The summed E-state index contributed by atoms with van der Waals surface area (Å²) in [5.74, 6) is 0.978. The van der Waals surface area contributed by atoms with Crippen LogP contribution in [0.2, 0.25) is 0 Å². The van der Waals surface area contributed by atoms with Crippen LogP contribution in [0.5, 0.6) is 0 Å². The van der Waals surface area contributed by atoms with Crippen molar-refractivity contribution < 1.29 is 9.59 Å². The Morgan fingerprint density at radius 3 is 2.83 bits per heavy atom. The van der Waals surface area contributed by atoms with E-state index in [4.69, 9.17) is 5.73 Å². The first kappa shape index (κ1) is 23.2. The Balaban J connectivity index is 1.82. The van der Waals surface area contributed by atoms with Crippen molar-refractivity contribution in [3.05, 3.63) is 23.8 Å². The molecule has 2 amide bonds. The van der Waals surface area contributed by atoms with Gasteiger partial charge in [-0.2, -0.15) is 0 Å². The molecule has 0 bridgehead atoms. The zero-order chi connectivity index (χ0) is 21.4. The number of rotatable bonds is 11. The number of aliphatic imine (C=N–C) groups is 1. The van der Waals surface area contributed by atoms with Crippen molar-refractivity contribution in [1.29, 1.82) is 0 Å². The molecule has 0 spiro atoms. The molecule has 6 heteroatoms. The van der Waals surface area contributed by atoms with E-state index < -0.39 is 5.54 Å². The van der Waals surface area contributed by atoms with Crippen LogP contribution < -0.4 is 11.1 Å². The molecule has 6 nitrogen and oxygen atoms in total. The summed E-state index contributed by atoms with van der Waals surface area (Å²) in [4.78, 5) is 31.1. The molecule has 2 rings (SSSR count). The minimum Gasteiger partial charge on any atom is -0.369 e. The molecule has 1 heterocycles. The third kappa shape index (κ3) is 6.72. The van der Waals surface area contributed by atoms with E-state index >= 15 is 0 Å². The minimum absolute atomic E-state index is 0.00594. The SMILES string of the molecule is CCCCCCC(=O)NCC1=CC=CC(CN2C(=O)C(C)(CC(C)C)N=C2N)C1. The predicted molar refractivity (Wildman–Crippen MR) is 118 cm³/mol. The molecule has 1 aliphatic heterocycles. The number of allylic oxidation sites excluding steroid dienone is 2. The molecule has 1 aliphatic carbocycles. The second-order valence-electron chi connectivity index (χ2n) is 9.02. The van der Waals surface area contributed by atoms with Crippen LogP contribution in [0, 0.1) is 11.8 Å². The highest BCUT2D eigenvalue weighted by atomic mass is 16.2. The van der Waals surface area contributed by atoms with Gasteiger partial charge in [-0.05, 0) is 38.0 Å². The second kappa shape index (κ2) is 10.6. The van der Waals surface area contributed by atoms with Crippen molar-refractivity contribution in [2.75, 3.05) is 13.1 Å². The van der Waals surface area contributed by atoms with Crippen LogP contribution in [0.3, 0.4) is 0 Å². The second-order valence-corrected chi connectivity index (χ2v) is 9.02. The lowest BCUT2D eigenvalue weighted by Gasteiger charge is -2.27. The Morgan fingerprint density at radius 1 is 1.38 bits per heavy atom. The number of hydrogen-bond donors (Lipinski definition) is 2. The molecule has 0 radical (unpaired) electrons. The van der Waals surface area contributed by atoms with Crippen LogP contribution in [-0.4, -0.2) is 41.3 Å². The molecular formula is C23H38N4O2. The van der Waals surface area contributed by atoms with Crippen molar-refractivity contribution in [3.63, 3.8) is 0 Å². The first-order valence-corrected chi connectivity index (χ1v) is 11.1. The van der Waals surface area contributed by atoms with E-state index in [1.54, 1.807) is 4.90 Å². The Bertz CT molecular complexity index is 680. The molecule has 0 aromatic heterocycles. The van der Waals surface area contributed by atoms with E-state index in [1.165, 1.54) is 18.4 Å². The fourth-order valence-electron chi connectivity index (χ4n) is 4.19. The fraction of sp³-hybridized carbons (Fsp3) is 0.696. The highest BCUT2D eigenvalue weighted by molar-refractivity contribution is 6.06. The number of nitrogens with one attached hydrogen (secondary N) is 1. The lowest BCUT2D eigenvalue weighted by molar-refractivity contribution is -0.131. The summed E-state index contributed by atoms with van der Waals surface area (Å²) in [5, 5.41) is 3.03. The monoisotopic (exact) mass is 402 g/mol. The summed E-state index contributed by atoms with van der Waals surface area (Å²) in [6.07, 6.45) is 12.7. The third-order valence-corrected chi connectivity index (χ3v) is 5.58. The summed E-state index contributed by atoms with van der Waals surface area (Å²) in [6, 6.07) is 0. The predicted octanol–water partition coefficient (Wildman–Crippen LogP) is 3.54. The van der Waals surface area contributed by atoms with Crippen molar-refractivity contribution >= 4 is 17.8 Å². The maximum Gasteiger partial charge on any atom is 0.257 e. The number of carbonyl (C=O) groups excluding carboxylic acids is 2. The number of amides is 2. The fourth-order valence-corrected chi connectivity index (χ4v) is 4.19. The first-order chi connectivity index (χ1) is 13.7. The molecule has 0 fully saturated rings. The van der Waals surface area contributed by atoms with Gasteiger partial charge in [-0.15, -0.1) is 0 Å². The zero-order valence-electron chi connectivity index (χ0n) is 18.5. The van der Waals surface area contributed by atoms with Gasteiger partial charge in [0.25, 0.3) is 5.91 Å². The van der Waals surface area contributed by atoms with E-state index in [1.807, 2.05) is 13.0 Å². The van der Waals surface area contributed by atoms with Crippen LogP contribution in [0.15, 0.2) is 28.8 Å². The van der Waals surface area contributed by atoms with Gasteiger partial charge in [-0.25, -0.2) is 4.99 Å². The molecule has 0 aromatic rings. The van der Waals surface area contributed by atoms with Gasteiger partial charge in [-0.1, -0.05) is 63.8 Å². The highest BCUT2D eigenvalue weighted by Crippen LogP contribution is 2.30. The normalized spacial score (nSPS) is 24.1. The van der Waals surface area contributed by atoms with Crippen LogP contribution in [0.1, 0.15) is 72.6 Å². The number of nitrogens with two attached hydrogens (primary N) is 1. The van der Waals surface area contributed by atoms with Gasteiger partial charge in [0.15, 0.2) is 5.96 Å². The van der Waals surface area contributed by atoms with Crippen LogP contribution in [-0.2, 0) is 9.59 Å². The Kier molecular flexibility index (Phi) is 8.47. The average molecular weight is 403 g/mol. The third-order valence-electron chi connectivity index (χ3n) is 5.58. The lowest BCUT2D eigenvalue weighted by Crippen LogP contribution is -2.45. The Hall–Kier alpha value is -2.11. The summed E-state index contributed by atoms with van der Waals surface area (Å²) >= 11 is 0. The topological polar surface area (TPSA) is 87.8 Å². The maximum absolute atomic E-state index is 12.9. The van der Waals surface area contributed by atoms with E-state index in [9.17, 15) is 9.59 Å². The van der Waals surface area contributed by atoms with Gasteiger partial charge in [0.1, 0.15) is 5.54 Å². The maximum atomic E-state index is 12.9. The standard InChI is InChI=1S/C23H38N4O2/c1-5-6-7-8-12-20(28)25-15-18-10-9-11-19(13-18)16-27-21(29)23(4,14-17(2)3)26-22(27)24/h9-11,17,19H,5-8,12-16H2,1-4H3,(H2,24,26)(H,25,28). The zero-order valence-corrected chi connectivity index (χ0v) is 18.5. The molecule has 0 saturated carbocycles. The molecule has 29 heavy (non-hydrogen) atoms. The number of carbonyl (C=O) groups is 2. The van der Waals surface area contributed by atoms with Gasteiger partial charge in [-0.3, -0.25) is 14.5 Å². The number of unbranched alkanes of at least 4 members (excludes halogenated alkanes) is 3. The van der Waals surface area contributed by atoms with E-state index in [0.29, 0.717) is 37.8 Å². The summed E-state index contributed by atoms with van der Waals surface area (Å²) in [7, 11) is 0. The van der Waals surface area contributed by atoms with Crippen LogP contribution >= 0.6 is 0 Å². The molecule has 2 unspecified atom stereocenters. The summed E-state index contributed by atoms with van der Waals surface area (Å²) < 4.78 is 0. The van der Waals surface area contributed by atoms with Gasteiger partial charge >= 0.3 is 0 Å². The summed E-state index contributed by atoms with van der Waals surface area (Å²) in [6.45, 7) is 9.31. The van der Waals surface area contributed by atoms with Gasteiger partial charge in [0.05, 0.1) is 0 Å². The number of guanidine groups is 1. The Labute approximate surface area is 175 Å². The molecule has 0 aromatic carbocycles. The largest absolute Gasteiger partial charge is 0.369 e.